The maximum atomic E-state index is 12.3. The second kappa shape index (κ2) is 4.37. The van der Waals surface area contributed by atoms with E-state index in [0.29, 0.717) is 32.3 Å². The number of ether oxygens (including phenoxy) is 1. The monoisotopic (exact) mass is 259 g/mol. The minimum atomic E-state index is -0.518. The van der Waals surface area contributed by atoms with E-state index in [-0.39, 0.29) is 11.7 Å². The number of amides is 1. The zero-order valence-electron chi connectivity index (χ0n) is 11.0. The summed E-state index contributed by atoms with van der Waals surface area (Å²) in [5, 5.41) is 2.94. The van der Waals surface area contributed by atoms with Gasteiger partial charge in [0.25, 0.3) is 0 Å². The van der Waals surface area contributed by atoms with Gasteiger partial charge in [0.05, 0.1) is 12.0 Å². The van der Waals surface area contributed by atoms with Crippen molar-refractivity contribution < 1.29 is 14.3 Å². The minimum Gasteiger partial charge on any atom is -0.494 e. The topological polar surface area (TPSA) is 55.4 Å². The summed E-state index contributed by atoms with van der Waals surface area (Å²) in [4.78, 5) is 23.8. The van der Waals surface area contributed by atoms with E-state index in [1.165, 1.54) is 0 Å². The number of fused-ring (bicyclic) bond motifs is 2. The van der Waals surface area contributed by atoms with Crippen LogP contribution < -0.4 is 10.1 Å². The molecule has 19 heavy (non-hydrogen) atoms. The Morgan fingerprint density at radius 3 is 2.68 bits per heavy atom. The molecule has 1 aliphatic heterocycles. The van der Waals surface area contributed by atoms with Gasteiger partial charge in [0, 0.05) is 18.5 Å². The van der Waals surface area contributed by atoms with Crippen molar-refractivity contribution in [3.8, 4) is 5.75 Å². The van der Waals surface area contributed by atoms with Gasteiger partial charge in [-0.3, -0.25) is 9.59 Å². The van der Waals surface area contributed by atoms with E-state index in [0.717, 1.165) is 17.0 Å². The van der Waals surface area contributed by atoms with E-state index >= 15 is 0 Å². The fraction of sp³-hybridized carbons (Fsp3) is 0.467. The Kier molecular flexibility index (Phi) is 2.81. The van der Waals surface area contributed by atoms with Crippen molar-refractivity contribution in [1.82, 2.24) is 0 Å². The van der Waals surface area contributed by atoms with Crippen LogP contribution in [0.15, 0.2) is 18.2 Å². The van der Waals surface area contributed by atoms with Gasteiger partial charge in [0.1, 0.15) is 11.5 Å². The van der Waals surface area contributed by atoms with Gasteiger partial charge in [-0.1, -0.05) is 0 Å². The minimum absolute atomic E-state index is 0.0312. The number of rotatable bonds is 2. The maximum Gasteiger partial charge on any atom is 0.235 e. The number of Topliss-reactive ketones (excluding diaryl/α,β-unsaturated/α-hetero) is 1. The van der Waals surface area contributed by atoms with Gasteiger partial charge in [-0.25, -0.2) is 0 Å². The second-order valence-electron chi connectivity index (χ2n) is 5.22. The van der Waals surface area contributed by atoms with Gasteiger partial charge in [-0.15, -0.1) is 0 Å². The Balaban J connectivity index is 2.02. The van der Waals surface area contributed by atoms with E-state index in [4.69, 9.17) is 4.74 Å². The van der Waals surface area contributed by atoms with E-state index in [9.17, 15) is 9.59 Å². The third kappa shape index (κ3) is 1.82. The Bertz CT molecular complexity index is 540. The summed E-state index contributed by atoms with van der Waals surface area (Å²) in [5.74, 6) is 1.07. The molecule has 0 radical (unpaired) electrons. The summed E-state index contributed by atoms with van der Waals surface area (Å²) in [6.45, 7) is 2.54. The van der Waals surface area contributed by atoms with Gasteiger partial charge in [0.2, 0.25) is 5.91 Å². The molecule has 4 nitrogen and oxygen atoms in total. The summed E-state index contributed by atoms with van der Waals surface area (Å²) < 4.78 is 5.52. The molecule has 1 saturated carbocycles. The largest absolute Gasteiger partial charge is 0.494 e. The molecule has 1 N–H and O–H groups in total. The molecule has 1 aromatic carbocycles. The van der Waals surface area contributed by atoms with Crippen LogP contribution in [0.3, 0.4) is 0 Å². The molecule has 2 aliphatic rings. The summed E-state index contributed by atoms with van der Waals surface area (Å²) >= 11 is 0. The molecular formula is C15H17NO3. The molecule has 0 aromatic heterocycles. The molecule has 1 fully saturated rings. The van der Waals surface area contributed by atoms with Crippen molar-refractivity contribution in [3.05, 3.63) is 23.8 Å². The number of benzene rings is 1. The molecule has 1 amide bonds. The number of hydrogen-bond donors (Lipinski definition) is 1. The van der Waals surface area contributed by atoms with E-state index < -0.39 is 5.41 Å². The van der Waals surface area contributed by atoms with Crippen LogP contribution in [-0.2, 0) is 15.0 Å². The lowest BCUT2D eigenvalue weighted by Crippen LogP contribution is -2.38. The lowest BCUT2D eigenvalue weighted by molar-refractivity contribution is -0.126. The summed E-state index contributed by atoms with van der Waals surface area (Å²) in [5.41, 5.74) is 1.34. The van der Waals surface area contributed by atoms with Crippen LogP contribution in [0.5, 0.6) is 5.75 Å². The molecule has 1 aromatic rings. The number of carbonyl (C=O) groups is 2. The summed E-state index contributed by atoms with van der Waals surface area (Å²) in [6, 6.07) is 5.71. The Morgan fingerprint density at radius 2 is 2.00 bits per heavy atom. The van der Waals surface area contributed by atoms with Crippen molar-refractivity contribution in [2.45, 2.75) is 38.0 Å². The van der Waals surface area contributed by atoms with Gasteiger partial charge < -0.3 is 10.1 Å². The van der Waals surface area contributed by atoms with Crippen LogP contribution in [0, 0.1) is 0 Å². The lowest BCUT2D eigenvalue weighted by atomic mass is 9.70. The maximum absolute atomic E-state index is 12.3. The fourth-order valence-corrected chi connectivity index (χ4v) is 3.10. The summed E-state index contributed by atoms with van der Waals surface area (Å²) in [7, 11) is 0. The third-order valence-corrected chi connectivity index (χ3v) is 4.16. The smallest absolute Gasteiger partial charge is 0.235 e. The predicted molar refractivity (Wildman–Crippen MR) is 71.4 cm³/mol. The third-order valence-electron chi connectivity index (χ3n) is 4.16. The number of anilines is 1. The zero-order valence-corrected chi connectivity index (χ0v) is 11.0. The van der Waals surface area contributed by atoms with E-state index in [1.54, 1.807) is 0 Å². The molecule has 0 atom stereocenters. The Hall–Kier alpha value is -1.84. The van der Waals surface area contributed by atoms with Crippen LogP contribution in [-0.4, -0.2) is 18.3 Å². The molecule has 0 bridgehead atoms. The van der Waals surface area contributed by atoms with Crippen molar-refractivity contribution in [2.75, 3.05) is 11.9 Å². The molecule has 1 heterocycles. The average Bonchev–Trinajstić information content (AvgIpc) is 2.67. The highest BCUT2D eigenvalue weighted by atomic mass is 16.5. The van der Waals surface area contributed by atoms with Crippen molar-refractivity contribution in [3.63, 3.8) is 0 Å². The van der Waals surface area contributed by atoms with Crippen LogP contribution in [0.2, 0.25) is 0 Å². The molecular weight excluding hydrogens is 242 g/mol. The van der Waals surface area contributed by atoms with Gasteiger partial charge in [-0.05, 0) is 43.5 Å². The second-order valence-corrected chi connectivity index (χ2v) is 5.22. The number of ketones is 1. The van der Waals surface area contributed by atoms with Crippen LogP contribution in [0.4, 0.5) is 5.69 Å². The van der Waals surface area contributed by atoms with Gasteiger partial charge >= 0.3 is 0 Å². The standard InChI is InChI=1S/C15H17NO3/c1-2-19-11-3-4-13-12(9-11)15(14(18)16-13)7-5-10(17)6-8-15/h3-4,9H,2,5-8H2,1H3,(H,16,18). The Morgan fingerprint density at radius 1 is 1.26 bits per heavy atom. The molecule has 0 unspecified atom stereocenters. The van der Waals surface area contributed by atoms with Crippen molar-refractivity contribution >= 4 is 17.4 Å². The first kappa shape index (κ1) is 12.2. The van der Waals surface area contributed by atoms with Gasteiger partial charge in [0.15, 0.2) is 0 Å². The molecule has 1 spiro atoms. The quantitative estimate of drug-likeness (QED) is 0.887. The lowest BCUT2D eigenvalue weighted by Gasteiger charge is -2.30. The van der Waals surface area contributed by atoms with Crippen molar-refractivity contribution in [2.24, 2.45) is 0 Å². The average molecular weight is 259 g/mol. The molecule has 4 heteroatoms. The first-order valence-electron chi connectivity index (χ1n) is 6.76. The molecule has 0 saturated heterocycles. The highest BCUT2D eigenvalue weighted by Gasteiger charge is 2.48. The Labute approximate surface area is 112 Å². The number of nitrogens with one attached hydrogen (secondary N) is 1. The first-order chi connectivity index (χ1) is 9.15. The van der Waals surface area contributed by atoms with Crippen molar-refractivity contribution in [1.29, 1.82) is 0 Å². The molecule has 3 rings (SSSR count). The van der Waals surface area contributed by atoms with Crippen LogP contribution in [0.25, 0.3) is 0 Å². The predicted octanol–water partition coefficient (Wildman–Crippen LogP) is 2.42. The fourth-order valence-electron chi connectivity index (χ4n) is 3.10. The molecule has 1 aliphatic carbocycles. The van der Waals surface area contributed by atoms with Gasteiger partial charge in [-0.2, -0.15) is 0 Å². The van der Waals surface area contributed by atoms with Crippen LogP contribution >= 0.6 is 0 Å². The van der Waals surface area contributed by atoms with E-state index in [2.05, 4.69) is 5.32 Å². The van der Waals surface area contributed by atoms with E-state index in [1.807, 2.05) is 25.1 Å². The first-order valence-corrected chi connectivity index (χ1v) is 6.76. The normalized spacial score (nSPS) is 20.3. The highest BCUT2D eigenvalue weighted by Crippen LogP contribution is 2.47. The molecule has 100 valence electrons. The zero-order chi connectivity index (χ0) is 13.5. The summed E-state index contributed by atoms with van der Waals surface area (Å²) in [6.07, 6.45) is 2.21. The number of hydrogen-bond acceptors (Lipinski definition) is 3. The highest BCUT2D eigenvalue weighted by molar-refractivity contribution is 6.07. The number of carbonyl (C=O) groups excluding carboxylic acids is 2. The van der Waals surface area contributed by atoms with Crippen LogP contribution in [0.1, 0.15) is 38.2 Å². The SMILES string of the molecule is CCOc1ccc2c(c1)C1(CCC(=O)CC1)C(=O)N2.